The molecule has 14 heavy (non-hydrogen) atoms. The molecule has 3 nitrogen and oxygen atoms in total. The van der Waals surface area contributed by atoms with Gasteiger partial charge in [-0.2, -0.15) is 5.26 Å². The molecule has 1 aromatic rings. The monoisotopic (exact) mass is 300 g/mol. The third-order valence-corrected chi connectivity index (χ3v) is 2.31. The van der Waals surface area contributed by atoms with E-state index in [2.05, 4.69) is 0 Å². The molecule has 0 spiro atoms. The third-order valence-electron chi connectivity index (χ3n) is 1.73. The van der Waals surface area contributed by atoms with Crippen LogP contribution in [0.15, 0.2) is 30.3 Å². The van der Waals surface area contributed by atoms with Crippen LogP contribution in [0.4, 0.5) is 10.5 Å². The van der Waals surface area contributed by atoms with E-state index in [1.54, 1.807) is 27.5 Å². The summed E-state index contributed by atoms with van der Waals surface area (Å²) in [5, 5.41) is 8.45. The van der Waals surface area contributed by atoms with Crippen molar-refractivity contribution in [2.45, 2.75) is 6.42 Å². The molecular weight excluding hydrogens is 291 g/mol. The summed E-state index contributed by atoms with van der Waals surface area (Å²) in [5.41, 5.74) is 0.835. The van der Waals surface area contributed by atoms with Gasteiger partial charge in [0, 0.05) is 34.8 Å². The number of benzene rings is 1. The Labute approximate surface area is 96.5 Å². The molecule has 0 aliphatic heterocycles. The van der Waals surface area contributed by atoms with Crippen LogP contribution in [0.3, 0.4) is 0 Å². The van der Waals surface area contributed by atoms with Crippen molar-refractivity contribution in [2.75, 3.05) is 11.4 Å². The highest BCUT2D eigenvalue weighted by Crippen LogP contribution is 2.16. The lowest BCUT2D eigenvalue weighted by Crippen LogP contribution is -2.26. The minimum Gasteiger partial charge on any atom is -0.303 e. The van der Waals surface area contributed by atoms with Crippen molar-refractivity contribution < 1.29 is 4.79 Å². The molecule has 0 bridgehead atoms. The molecule has 0 heterocycles. The highest BCUT2D eigenvalue weighted by molar-refractivity contribution is 14.1. The van der Waals surface area contributed by atoms with Gasteiger partial charge in [-0.15, -0.1) is 0 Å². The van der Waals surface area contributed by atoms with Crippen molar-refractivity contribution in [3.05, 3.63) is 30.3 Å². The minimum absolute atomic E-state index is 0.0657. The maximum Gasteiger partial charge on any atom is 0.287 e. The van der Waals surface area contributed by atoms with E-state index in [9.17, 15) is 4.79 Å². The molecule has 0 saturated heterocycles. The van der Waals surface area contributed by atoms with Gasteiger partial charge in [-0.05, 0) is 12.1 Å². The normalized spacial score (nSPS) is 9.14. The zero-order valence-electron chi connectivity index (χ0n) is 7.48. The first-order chi connectivity index (χ1) is 6.75. The molecule has 0 unspecified atom stereocenters. The first-order valence-electron chi connectivity index (χ1n) is 4.14. The van der Waals surface area contributed by atoms with E-state index in [0.29, 0.717) is 13.0 Å². The first-order valence-corrected chi connectivity index (χ1v) is 5.22. The quantitative estimate of drug-likeness (QED) is 0.489. The molecule has 0 N–H and O–H groups in total. The van der Waals surface area contributed by atoms with Crippen LogP contribution in [-0.4, -0.2) is 10.5 Å². The number of carbonyl (C=O) groups is 1. The molecule has 0 fully saturated rings. The lowest BCUT2D eigenvalue weighted by molar-refractivity contribution is 0.267. The van der Waals surface area contributed by atoms with Gasteiger partial charge in [0.05, 0.1) is 12.5 Å². The maximum absolute atomic E-state index is 11.3. The fourth-order valence-electron chi connectivity index (χ4n) is 1.09. The summed E-state index contributed by atoms with van der Waals surface area (Å²) in [6.45, 7) is 0.447. The Bertz CT molecular complexity index is 345. The Hall–Kier alpha value is -1.09. The second-order valence-electron chi connectivity index (χ2n) is 2.65. The zero-order chi connectivity index (χ0) is 10.4. The van der Waals surface area contributed by atoms with Gasteiger partial charge in [-0.25, -0.2) is 0 Å². The van der Waals surface area contributed by atoms with Crippen molar-refractivity contribution in [3.8, 4) is 6.07 Å². The summed E-state index contributed by atoms with van der Waals surface area (Å²) in [4.78, 5) is 12.8. The highest BCUT2D eigenvalue weighted by Gasteiger charge is 2.10. The van der Waals surface area contributed by atoms with Crippen LogP contribution in [0.2, 0.25) is 0 Å². The average Bonchev–Trinajstić information content (AvgIpc) is 2.19. The van der Waals surface area contributed by atoms with Crippen molar-refractivity contribution >= 4 is 32.2 Å². The van der Waals surface area contributed by atoms with Crippen molar-refractivity contribution in [1.82, 2.24) is 0 Å². The van der Waals surface area contributed by atoms with E-state index < -0.39 is 0 Å². The lowest BCUT2D eigenvalue weighted by atomic mass is 10.3. The molecule has 1 amide bonds. The molecule has 72 valence electrons. The number of nitrogens with zero attached hydrogens (tertiary/aromatic N) is 2. The van der Waals surface area contributed by atoms with E-state index in [1.165, 1.54) is 0 Å². The third kappa shape index (κ3) is 3.00. The molecule has 1 rings (SSSR count). The summed E-state index contributed by atoms with van der Waals surface area (Å²) in [7, 11) is 0. The minimum atomic E-state index is -0.0657. The summed E-state index contributed by atoms with van der Waals surface area (Å²) in [6, 6.07) is 11.4. The molecule has 0 atom stereocenters. The zero-order valence-corrected chi connectivity index (χ0v) is 9.64. The summed E-state index contributed by atoms with van der Waals surface area (Å²) in [5.74, 6) is 0. The predicted octanol–water partition coefficient (Wildman–Crippen LogP) is 2.96. The Kier molecular flexibility index (Phi) is 4.40. The van der Waals surface area contributed by atoms with E-state index >= 15 is 0 Å². The van der Waals surface area contributed by atoms with Crippen LogP contribution in [0, 0.1) is 11.3 Å². The van der Waals surface area contributed by atoms with Gasteiger partial charge in [0.2, 0.25) is 0 Å². The average molecular weight is 300 g/mol. The number of amides is 1. The molecule has 0 aliphatic rings. The molecule has 0 saturated carbocycles. The van der Waals surface area contributed by atoms with Gasteiger partial charge >= 0.3 is 0 Å². The lowest BCUT2D eigenvalue weighted by Gasteiger charge is -2.18. The number of hydrogen-bond acceptors (Lipinski definition) is 2. The van der Waals surface area contributed by atoms with Crippen molar-refractivity contribution in [2.24, 2.45) is 0 Å². The summed E-state index contributed by atoms with van der Waals surface area (Å²) >= 11 is 1.73. The van der Waals surface area contributed by atoms with E-state index in [-0.39, 0.29) is 3.91 Å². The Morgan fingerprint density at radius 1 is 1.43 bits per heavy atom. The second kappa shape index (κ2) is 5.60. The van der Waals surface area contributed by atoms with Crippen LogP contribution in [-0.2, 0) is 0 Å². The first kappa shape index (κ1) is 11.0. The molecule has 1 aromatic carbocycles. The number of hydrogen-bond donors (Lipinski definition) is 0. The fraction of sp³-hybridized carbons (Fsp3) is 0.200. The Balaban J connectivity index is 2.79. The number of carbonyl (C=O) groups excluding carboxylic acids is 1. The van der Waals surface area contributed by atoms with E-state index in [1.807, 2.05) is 36.4 Å². The van der Waals surface area contributed by atoms with Gasteiger partial charge in [0.1, 0.15) is 0 Å². The summed E-state index contributed by atoms with van der Waals surface area (Å²) < 4.78 is -0.0657. The Morgan fingerprint density at radius 2 is 2.07 bits per heavy atom. The van der Waals surface area contributed by atoms with E-state index in [4.69, 9.17) is 5.26 Å². The van der Waals surface area contributed by atoms with Crippen LogP contribution >= 0.6 is 22.6 Å². The van der Waals surface area contributed by atoms with Crippen LogP contribution in [0.1, 0.15) is 6.42 Å². The number of nitriles is 1. The van der Waals surface area contributed by atoms with Crippen LogP contribution < -0.4 is 4.90 Å². The predicted molar refractivity (Wildman–Crippen MR) is 63.4 cm³/mol. The fourth-order valence-corrected chi connectivity index (χ4v) is 1.61. The van der Waals surface area contributed by atoms with Gasteiger partial charge in [0.25, 0.3) is 3.91 Å². The number of halogens is 1. The number of anilines is 1. The van der Waals surface area contributed by atoms with Crippen LogP contribution in [0.25, 0.3) is 0 Å². The van der Waals surface area contributed by atoms with Gasteiger partial charge < -0.3 is 4.90 Å². The molecule has 0 aliphatic carbocycles. The van der Waals surface area contributed by atoms with Crippen LogP contribution in [0.5, 0.6) is 0 Å². The number of rotatable bonds is 3. The molecule has 0 aromatic heterocycles. The number of para-hydroxylation sites is 1. The topological polar surface area (TPSA) is 44.1 Å². The van der Waals surface area contributed by atoms with E-state index in [0.717, 1.165) is 5.69 Å². The van der Waals surface area contributed by atoms with Gasteiger partial charge in [-0.3, -0.25) is 4.79 Å². The highest BCUT2D eigenvalue weighted by atomic mass is 127. The smallest absolute Gasteiger partial charge is 0.287 e. The molecule has 4 heteroatoms. The van der Waals surface area contributed by atoms with Gasteiger partial charge in [-0.1, -0.05) is 18.2 Å². The largest absolute Gasteiger partial charge is 0.303 e. The SMILES string of the molecule is N#CCCN(C(=O)I)c1ccccc1. The van der Waals surface area contributed by atoms with Crippen molar-refractivity contribution in [3.63, 3.8) is 0 Å². The molecular formula is C10H9IN2O. The van der Waals surface area contributed by atoms with Gasteiger partial charge in [0.15, 0.2) is 0 Å². The second-order valence-corrected chi connectivity index (χ2v) is 3.57. The Morgan fingerprint density at radius 3 is 2.57 bits per heavy atom. The maximum atomic E-state index is 11.3. The molecule has 0 radical (unpaired) electrons. The van der Waals surface area contributed by atoms with Crippen molar-refractivity contribution in [1.29, 1.82) is 5.26 Å². The standard InChI is InChI=1S/C10H9IN2O/c11-10(14)13(8-4-7-12)9-5-2-1-3-6-9/h1-3,5-6H,4,8H2. The summed E-state index contributed by atoms with van der Waals surface area (Å²) in [6.07, 6.45) is 0.351.